The highest BCUT2D eigenvalue weighted by Crippen LogP contribution is 2.35. The largest absolute Gasteiger partial charge is 0.277 e. The molecule has 0 N–H and O–H groups in total. The van der Waals surface area contributed by atoms with Gasteiger partial charge in [-0.25, -0.2) is 0 Å². The number of pyridine rings is 1. The standard InChI is InChI=1S/C37H27N3O2/c41-36(39(28-16-5-1-6-17-28)29-18-7-2-8-19-29)32-24-15-25-33(35(32)34-26-13-14-27-38-34)37(42)40(30-20-9-3-10-21-30)31-22-11-4-12-23-31/h1-27H. The van der Waals surface area contributed by atoms with Crippen LogP contribution in [-0.4, -0.2) is 16.8 Å². The van der Waals surface area contributed by atoms with E-state index in [2.05, 4.69) is 4.98 Å². The predicted octanol–water partition coefficient (Wildman–Crippen LogP) is 8.71. The van der Waals surface area contributed by atoms with Gasteiger partial charge < -0.3 is 0 Å². The number of carbonyl (C=O) groups is 2. The Labute approximate surface area is 245 Å². The first-order valence-electron chi connectivity index (χ1n) is 13.7. The second kappa shape index (κ2) is 12.1. The molecule has 1 heterocycles. The molecule has 6 aromatic rings. The summed E-state index contributed by atoms with van der Waals surface area (Å²) in [6, 6.07) is 48.8. The Kier molecular flexibility index (Phi) is 7.64. The van der Waals surface area contributed by atoms with E-state index in [1.807, 2.05) is 140 Å². The van der Waals surface area contributed by atoms with Gasteiger partial charge in [-0.3, -0.25) is 24.4 Å². The summed E-state index contributed by atoms with van der Waals surface area (Å²) < 4.78 is 0. The summed E-state index contributed by atoms with van der Waals surface area (Å²) in [5, 5.41) is 0. The zero-order chi connectivity index (χ0) is 28.7. The van der Waals surface area contributed by atoms with E-state index in [0.29, 0.717) is 45.1 Å². The number of anilines is 4. The maximum absolute atomic E-state index is 14.6. The predicted molar refractivity (Wildman–Crippen MR) is 168 cm³/mol. The summed E-state index contributed by atoms with van der Waals surface area (Å²) >= 11 is 0. The fourth-order valence-corrected chi connectivity index (χ4v) is 5.01. The van der Waals surface area contributed by atoms with E-state index in [0.717, 1.165) is 0 Å². The summed E-state index contributed by atoms with van der Waals surface area (Å²) in [5.74, 6) is -0.539. The summed E-state index contributed by atoms with van der Waals surface area (Å²) in [6.45, 7) is 0. The van der Waals surface area contributed by atoms with Crippen LogP contribution in [0, 0.1) is 0 Å². The smallest absolute Gasteiger partial charge is 0.263 e. The summed E-state index contributed by atoms with van der Waals surface area (Å²) in [5.41, 5.74) is 4.61. The van der Waals surface area contributed by atoms with Crippen molar-refractivity contribution in [2.75, 3.05) is 9.80 Å². The molecule has 1 aromatic heterocycles. The normalized spacial score (nSPS) is 10.6. The molecular formula is C37H27N3O2. The minimum absolute atomic E-state index is 0.270. The van der Waals surface area contributed by atoms with Crippen LogP contribution in [0.4, 0.5) is 22.7 Å². The zero-order valence-electron chi connectivity index (χ0n) is 22.7. The van der Waals surface area contributed by atoms with Crippen molar-refractivity contribution in [2.24, 2.45) is 0 Å². The first kappa shape index (κ1) is 26.4. The van der Waals surface area contributed by atoms with Gasteiger partial charge in [0.05, 0.1) is 16.8 Å². The van der Waals surface area contributed by atoms with Crippen molar-refractivity contribution in [1.29, 1.82) is 0 Å². The fraction of sp³-hybridized carbons (Fsp3) is 0. The van der Waals surface area contributed by atoms with Gasteiger partial charge >= 0.3 is 0 Å². The molecule has 0 bridgehead atoms. The Hall–Kier alpha value is -5.81. The van der Waals surface area contributed by atoms with E-state index in [4.69, 9.17) is 0 Å². The van der Waals surface area contributed by atoms with Gasteiger partial charge in [0.2, 0.25) is 0 Å². The van der Waals surface area contributed by atoms with Crippen LogP contribution in [0.3, 0.4) is 0 Å². The van der Waals surface area contributed by atoms with Gasteiger partial charge in [-0.15, -0.1) is 0 Å². The molecule has 0 atom stereocenters. The average molecular weight is 546 g/mol. The third kappa shape index (κ3) is 5.31. The second-order valence-electron chi connectivity index (χ2n) is 9.57. The van der Waals surface area contributed by atoms with Crippen molar-refractivity contribution in [1.82, 2.24) is 4.98 Å². The fourth-order valence-electron chi connectivity index (χ4n) is 5.01. The van der Waals surface area contributed by atoms with Crippen molar-refractivity contribution in [2.45, 2.75) is 0 Å². The van der Waals surface area contributed by atoms with Crippen LogP contribution in [0.1, 0.15) is 20.7 Å². The number of rotatable bonds is 7. The molecule has 0 fully saturated rings. The maximum atomic E-state index is 14.6. The van der Waals surface area contributed by atoms with E-state index in [1.54, 1.807) is 34.2 Å². The highest BCUT2D eigenvalue weighted by molar-refractivity contribution is 6.20. The SMILES string of the molecule is O=C(c1cccc(C(=O)N(c2ccccc2)c2ccccc2)c1-c1ccccn1)N(c1ccccc1)c1ccccc1. The molecule has 5 aromatic carbocycles. The van der Waals surface area contributed by atoms with E-state index in [-0.39, 0.29) is 11.8 Å². The number of amides is 2. The van der Waals surface area contributed by atoms with Gasteiger partial charge in [-0.1, -0.05) is 84.9 Å². The Balaban J connectivity index is 1.56. The Morgan fingerprint density at radius 1 is 0.405 bits per heavy atom. The molecule has 42 heavy (non-hydrogen) atoms. The van der Waals surface area contributed by atoms with Crippen LogP contribution in [0.2, 0.25) is 0 Å². The van der Waals surface area contributed by atoms with E-state index < -0.39 is 0 Å². The third-order valence-electron chi connectivity index (χ3n) is 6.91. The van der Waals surface area contributed by atoms with Gasteiger partial charge in [0.25, 0.3) is 11.8 Å². The highest BCUT2D eigenvalue weighted by Gasteiger charge is 2.29. The summed E-state index contributed by atoms with van der Waals surface area (Å²) in [6.07, 6.45) is 1.67. The Morgan fingerprint density at radius 3 is 1.10 bits per heavy atom. The molecule has 0 aliphatic rings. The van der Waals surface area contributed by atoms with Crippen molar-refractivity contribution in [3.05, 3.63) is 175 Å². The lowest BCUT2D eigenvalue weighted by Crippen LogP contribution is -2.29. The minimum Gasteiger partial charge on any atom is -0.277 e. The van der Waals surface area contributed by atoms with Crippen molar-refractivity contribution in [3.63, 3.8) is 0 Å². The number of hydrogen-bond donors (Lipinski definition) is 0. The molecular weight excluding hydrogens is 518 g/mol. The van der Waals surface area contributed by atoms with E-state index in [1.165, 1.54) is 0 Å². The van der Waals surface area contributed by atoms with Crippen LogP contribution >= 0.6 is 0 Å². The molecule has 0 spiro atoms. The van der Waals surface area contributed by atoms with Crippen LogP contribution in [0.5, 0.6) is 0 Å². The first-order chi connectivity index (χ1) is 20.7. The number of aromatic nitrogens is 1. The van der Waals surface area contributed by atoms with Crippen molar-refractivity contribution < 1.29 is 9.59 Å². The van der Waals surface area contributed by atoms with Crippen LogP contribution < -0.4 is 9.80 Å². The second-order valence-corrected chi connectivity index (χ2v) is 9.57. The molecule has 0 unspecified atom stereocenters. The van der Waals surface area contributed by atoms with Crippen LogP contribution in [0.15, 0.2) is 164 Å². The lowest BCUT2D eigenvalue weighted by Gasteiger charge is -2.27. The molecule has 2 amide bonds. The lowest BCUT2D eigenvalue weighted by molar-refractivity contribution is 0.0998. The molecule has 6 rings (SSSR count). The van der Waals surface area contributed by atoms with E-state index in [9.17, 15) is 9.59 Å². The van der Waals surface area contributed by atoms with Crippen LogP contribution in [0.25, 0.3) is 11.3 Å². The number of para-hydroxylation sites is 4. The maximum Gasteiger partial charge on any atom is 0.263 e. The molecule has 0 saturated heterocycles. The quantitative estimate of drug-likeness (QED) is 0.202. The number of hydrogen-bond acceptors (Lipinski definition) is 3. The van der Waals surface area contributed by atoms with Crippen molar-refractivity contribution in [3.8, 4) is 11.3 Å². The molecule has 0 radical (unpaired) electrons. The molecule has 0 aliphatic heterocycles. The molecule has 5 heteroatoms. The first-order valence-corrected chi connectivity index (χ1v) is 13.7. The van der Waals surface area contributed by atoms with E-state index >= 15 is 0 Å². The highest BCUT2D eigenvalue weighted by atomic mass is 16.2. The van der Waals surface area contributed by atoms with Gasteiger partial charge in [0, 0.05) is 34.5 Å². The Bertz CT molecular complexity index is 1600. The average Bonchev–Trinajstić information content (AvgIpc) is 3.07. The van der Waals surface area contributed by atoms with Gasteiger partial charge in [-0.05, 0) is 72.8 Å². The van der Waals surface area contributed by atoms with Gasteiger partial charge in [0.1, 0.15) is 0 Å². The number of carbonyl (C=O) groups excluding carboxylic acids is 2. The van der Waals surface area contributed by atoms with Gasteiger partial charge in [0.15, 0.2) is 0 Å². The Morgan fingerprint density at radius 2 is 0.762 bits per heavy atom. The number of nitrogens with zero attached hydrogens (tertiary/aromatic N) is 3. The summed E-state index contributed by atoms with van der Waals surface area (Å²) in [4.78, 5) is 37.1. The number of benzene rings is 5. The minimum atomic E-state index is -0.270. The van der Waals surface area contributed by atoms with Gasteiger partial charge in [-0.2, -0.15) is 0 Å². The van der Waals surface area contributed by atoms with Crippen LogP contribution in [-0.2, 0) is 0 Å². The molecule has 5 nitrogen and oxygen atoms in total. The zero-order valence-corrected chi connectivity index (χ0v) is 22.7. The topological polar surface area (TPSA) is 53.5 Å². The van der Waals surface area contributed by atoms with Crippen molar-refractivity contribution >= 4 is 34.6 Å². The summed E-state index contributed by atoms with van der Waals surface area (Å²) in [7, 11) is 0. The lowest BCUT2D eigenvalue weighted by atomic mass is 9.95. The third-order valence-corrected chi connectivity index (χ3v) is 6.91. The molecule has 0 saturated carbocycles. The monoisotopic (exact) mass is 545 g/mol. The molecule has 202 valence electrons. The molecule has 0 aliphatic carbocycles.